The van der Waals surface area contributed by atoms with Crippen molar-refractivity contribution in [2.24, 2.45) is 11.7 Å². The predicted octanol–water partition coefficient (Wildman–Crippen LogP) is 1.39. The summed E-state index contributed by atoms with van der Waals surface area (Å²) in [6, 6.07) is 0. The fraction of sp³-hybridized carbons (Fsp3) is 0.923. The van der Waals surface area contributed by atoms with Crippen molar-refractivity contribution in [3.05, 3.63) is 0 Å². The maximum absolute atomic E-state index is 12.3. The van der Waals surface area contributed by atoms with Crippen molar-refractivity contribution < 1.29 is 9.53 Å². The van der Waals surface area contributed by atoms with Crippen LogP contribution in [0.15, 0.2) is 0 Å². The number of nitrogens with zero attached hydrogens (tertiary/aromatic N) is 1. The van der Waals surface area contributed by atoms with Crippen molar-refractivity contribution in [1.29, 1.82) is 0 Å². The van der Waals surface area contributed by atoms with E-state index in [0.29, 0.717) is 18.8 Å². The second-order valence-electron chi connectivity index (χ2n) is 5.13. The first-order valence-electron chi connectivity index (χ1n) is 6.65. The number of ether oxygens (including phenoxy) is 1. The first-order chi connectivity index (χ1) is 8.03. The number of nitrogens with two attached hydrogens (primary N) is 1. The van der Waals surface area contributed by atoms with Crippen molar-refractivity contribution in [3.63, 3.8) is 0 Å². The normalized spacial score (nSPS) is 21.3. The van der Waals surface area contributed by atoms with E-state index < -0.39 is 5.54 Å². The van der Waals surface area contributed by atoms with Crippen LogP contribution in [-0.2, 0) is 9.53 Å². The van der Waals surface area contributed by atoms with Gasteiger partial charge in [-0.05, 0) is 31.6 Å². The molecule has 0 spiro atoms. The largest absolute Gasteiger partial charge is 0.381 e. The third kappa shape index (κ3) is 3.68. The van der Waals surface area contributed by atoms with Gasteiger partial charge in [0, 0.05) is 20.2 Å². The Morgan fingerprint density at radius 2 is 2.12 bits per heavy atom. The van der Waals surface area contributed by atoms with E-state index in [4.69, 9.17) is 10.5 Å². The van der Waals surface area contributed by atoms with Gasteiger partial charge in [-0.2, -0.15) is 0 Å². The predicted molar refractivity (Wildman–Crippen MR) is 68.7 cm³/mol. The van der Waals surface area contributed by atoms with E-state index in [9.17, 15) is 4.79 Å². The molecular formula is C13H26N2O2. The molecule has 0 aliphatic carbocycles. The van der Waals surface area contributed by atoms with Gasteiger partial charge >= 0.3 is 0 Å². The van der Waals surface area contributed by atoms with Gasteiger partial charge in [0.05, 0.1) is 12.1 Å². The summed E-state index contributed by atoms with van der Waals surface area (Å²) >= 11 is 0. The van der Waals surface area contributed by atoms with Gasteiger partial charge in [0.1, 0.15) is 0 Å². The van der Waals surface area contributed by atoms with E-state index in [1.807, 2.05) is 20.9 Å². The van der Waals surface area contributed by atoms with Crippen LogP contribution in [0.3, 0.4) is 0 Å². The lowest BCUT2D eigenvalue weighted by Crippen LogP contribution is -2.54. The van der Waals surface area contributed by atoms with Gasteiger partial charge in [-0.1, -0.05) is 13.8 Å². The van der Waals surface area contributed by atoms with Crippen LogP contribution in [-0.4, -0.2) is 43.2 Å². The van der Waals surface area contributed by atoms with Crippen molar-refractivity contribution in [2.45, 2.75) is 45.1 Å². The summed E-state index contributed by atoms with van der Waals surface area (Å²) in [4.78, 5) is 14.0. The zero-order chi connectivity index (χ0) is 12.9. The number of likely N-dealkylation sites (N-methyl/N-ethyl adjacent to an activating group) is 1. The molecule has 1 aliphatic heterocycles. The molecule has 1 rings (SSSR count). The maximum atomic E-state index is 12.3. The summed E-state index contributed by atoms with van der Waals surface area (Å²) in [5, 5.41) is 0. The van der Waals surface area contributed by atoms with E-state index in [-0.39, 0.29) is 5.91 Å². The second kappa shape index (κ2) is 6.36. The van der Waals surface area contributed by atoms with Gasteiger partial charge in [0.15, 0.2) is 0 Å². The molecule has 1 fully saturated rings. The Balaban J connectivity index is 2.50. The number of carbonyl (C=O) groups is 1. The molecule has 4 nitrogen and oxygen atoms in total. The molecule has 17 heavy (non-hydrogen) atoms. The van der Waals surface area contributed by atoms with Crippen molar-refractivity contribution >= 4 is 5.91 Å². The molecule has 4 heteroatoms. The molecular weight excluding hydrogens is 216 g/mol. The summed E-state index contributed by atoms with van der Waals surface area (Å²) in [6.07, 6.45) is 3.62. The Morgan fingerprint density at radius 1 is 1.47 bits per heavy atom. The van der Waals surface area contributed by atoms with Crippen LogP contribution in [0.1, 0.15) is 39.5 Å². The van der Waals surface area contributed by atoms with Crippen molar-refractivity contribution in [2.75, 3.05) is 26.8 Å². The summed E-state index contributed by atoms with van der Waals surface area (Å²) in [5.74, 6) is 0.531. The number of hydrogen-bond acceptors (Lipinski definition) is 3. The molecule has 0 aromatic rings. The van der Waals surface area contributed by atoms with E-state index >= 15 is 0 Å². The molecule has 2 N–H and O–H groups in total. The molecule has 1 atom stereocenters. The highest BCUT2D eigenvalue weighted by Gasteiger charge is 2.33. The minimum Gasteiger partial charge on any atom is -0.381 e. The smallest absolute Gasteiger partial charge is 0.242 e. The number of amides is 1. The number of carbonyl (C=O) groups excluding carboxylic acids is 1. The van der Waals surface area contributed by atoms with Crippen LogP contribution < -0.4 is 5.73 Å². The second-order valence-corrected chi connectivity index (χ2v) is 5.13. The van der Waals surface area contributed by atoms with Crippen molar-refractivity contribution in [1.82, 2.24) is 4.90 Å². The molecule has 1 amide bonds. The van der Waals surface area contributed by atoms with Gasteiger partial charge in [0.2, 0.25) is 5.91 Å². The lowest BCUT2D eigenvalue weighted by atomic mass is 9.92. The van der Waals surface area contributed by atoms with Gasteiger partial charge in [0.25, 0.3) is 0 Å². The van der Waals surface area contributed by atoms with Crippen LogP contribution in [0.2, 0.25) is 0 Å². The van der Waals surface area contributed by atoms with Gasteiger partial charge in [-0.3, -0.25) is 4.79 Å². The topological polar surface area (TPSA) is 55.6 Å². The van der Waals surface area contributed by atoms with E-state index in [1.54, 1.807) is 4.90 Å². The average Bonchev–Trinajstić information content (AvgIpc) is 2.38. The maximum Gasteiger partial charge on any atom is 0.242 e. The van der Waals surface area contributed by atoms with Gasteiger partial charge in [-0.25, -0.2) is 0 Å². The SMILES string of the molecule is CCC(N)(CC)C(=O)N(C)CC1CCCOC1. The van der Waals surface area contributed by atoms with Crippen LogP contribution in [0, 0.1) is 5.92 Å². The minimum absolute atomic E-state index is 0.0630. The number of hydrogen-bond donors (Lipinski definition) is 1. The van der Waals surface area contributed by atoms with Crippen LogP contribution in [0.5, 0.6) is 0 Å². The summed E-state index contributed by atoms with van der Waals surface area (Å²) in [6.45, 7) is 6.34. The fourth-order valence-corrected chi connectivity index (χ4v) is 2.35. The molecule has 1 unspecified atom stereocenters. The van der Waals surface area contributed by atoms with Crippen molar-refractivity contribution in [3.8, 4) is 0 Å². The van der Waals surface area contributed by atoms with Gasteiger partial charge in [-0.15, -0.1) is 0 Å². The van der Waals surface area contributed by atoms with Crippen LogP contribution in [0.4, 0.5) is 0 Å². The highest BCUT2D eigenvalue weighted by molar-refractivity contribution is 5.85. The highest BCUT2D eigenvalue weighted by atomic mass is 16.5. The molecule has 1 heterocycles. The quantitative estimate of drug-likeness (QED) is 0.792. The molecule has 0 saturated carbocycles. The monoisotopic (exact) mass is 242 g/mol. The molecule has 0 aromatic heterocycles. The fourth-order valence-electron chi connectivity index (χ4n) is 2.35. The molecule has 0 radical (unpaired) electrons. The highest BCUT2D eigenvalue weighted by Crippen LogP contribution is 2.18. The molecule has 0 bridgehead atoms. The zero-order valence-electron chi connectivity index (χ0n) is 11.4. The molecule has 100 valence electrons. The summed E-state index contributed by atoms with van der Waals surface area (Å²) in [5.41, 5.74) is 5.43. The third-order valence-corrected chi connectivity index (χ3v) is 3.82. The Morgan fingerprint density at radius 3 is 2.59 bits per heavy atom. The lowest BCUT2D eigenvalue weighted by Gasteiger charge is -2.33. The standard InChI is InChI=1S/C13H26N2O2/c1-4-13(14,5-2)12(16)15(3)9-11-7-6-8-17-10-11/h11H,4-10,14H2,1-3H3. The number of rotatable bonds is 5. The van der Waals surface area contributed by atoms with E-state index in [1.165, 1.54) is 0 Å². The summed E-state index contributed by atoms with van der Waals surface area (Å²) in [7, 11) is 1.85. The van der Waals surface area contributed by atoms with Crippen LogP contribution >= 0.6 is 0 Å². The van der Waals surface area contributed by atoms with Gasteiger partial charge < -0.3 is 15.4 Å². The molecule has 1 saturated heterocycles. The van der Waals surface area contributed by atoms with E-state index in [2.05, 4.69) is 0 Å². The Labute approximate surface area is 104 Å². The van der Waals surface area contributed by atoms with E-state index in [0.717, 1.165) is 32.6 Å². The molecule has 1 aliphatic rings. The zero-order valence-corrected chi connectivity index (χ0v) is 11.4. The Hall–Kier alpha value is -0.610. The van der Waals surface area contributed by atoms with Crippen LogP contribution in [0.25, 0.3) is 0 Å². The summed E-state index contributed by atoms with van der Waals surface area (Å²) < 4.78 is 5.43. The third-order valence-electron chi connectivity index (χ3n) is 3.82. The lowest BCUT2D eigenvalue weighted by molar-refractivity contribution is -0.137. The Kier molecular flexibility index (Phi) is 5.40. The Bertz CT molecular complexity index is 246. The average molecular weight is 242 g/mol. The minimum atomic E-state index is -0.690. The first kappa shape index (κ1) is 14.5. The first-order valence-corrected chi connectivity index (χ1v) is 6.65. The molecule has 0 aromatic carbocycles.